The van der Waals surface area contributed by atoms with Crippen LogP contribution in [-0.2, 0) is 9.84 Å². The number of rotatable bonds is 5. The summed E-state index contributed by atoms with van der Waals surface area (Å²) in [5.41, 5.74) is 1.59. The lowest BCUT2D eigenvalue weighted by Gasteiger charge is -2.36. The Labute approximate surface area is 212 Å². The molecule has 0 amide bonds. The number of nitrogens with zero attached hydrogens (tertiary/aromatic N) is 3. The Morgan fingerprint density at radius 1 is 0.829 bits per heavy atom. The highest BCUT2D eigenvalue weighted by Crippen LogP contribution is 2.36. The molecule has 1 saturated heterocycles. The third-order valence-electron chi connectivity index (χ3n) is 5.79. The normalized spacial score (nSPS) is 14.4. The van der Waals surface area contributed by atoms with Gasteiger partial charge in [0.25, 0.3) is 0 Å². The zero-order chi connectivity index (χ0) is 24.6. The Kier molecular flexibility index (Phi) is 6.44. The van der Waals surface area contributed by atoms with Crippen LogP contribution in [0.3, 0.4) is 0 Å². The van der Waals surface area contributed by atoms with Crippen LogP contribution in [-0.4, -0.2) is 39.6 Å². The van der Waals surface area contributed by atoms with Crippen LogP contribution < -0.4 is 9.80 Å². The van der Waals surface area contributed by atoms with Gasteiger partial charge in [-0.1, -0.05) is 29.3 Å². The first kappa shape index (κ1) is 23.7. The number of aromatic nitrogens is 1. The molecule has 0 spiro atoms. The predicted octanol–water partition coefficient (Wildman–Crippen LogP) is 5.95. The van der Waals surface area contributed by atoms with Gasteiger partial charge in [0.15, 0.2) is 0 Å². The van der Waals surface area contributed by atoms with Crippen LogP contribution in [0, 0.1) is 5.82 Å². The number of hydrogen-bond acceptors (Lipinski definition) is 6. The average molecular weight is 532 g/mol. The first-order valence-electron chi connectivity index (χ1n) is 10.8. The standard InChI is InChI=1S/C25H20Cl2FN3O3S/c26-18-6-4-17(5-7-18)23-29-24(35(32,33)22-10-8-20(28)9-11-22)25(34-23)31-14-12-30(13-15-31)21-3-1-2-19(27)16-21/h1-11,16H,12-15H2. The molecular weight excluding hydrogens is 512 g/mol. The molecule has 10 heteroatoms. The highest BCUT2D eigenvalue weighted by atomic mass is 35.5. The minimum atomic E-state index is -4.07. The first-order chi connectivity index (χ1) is 16.8. The fourth-order valence-electron chi connectivity index (χ4n) is 3.95. The number of oxazole rings is 1. The molecule has 1 aliphatic heterocycles. The second-order valence-corrected chi connectivity index (χ2v) is 10.8. The van der Waals surface area contributed by atoms with Crippen LogP contribution in [0.15, 0.2) is 87.1 Å². The lowest BCUT2D eigenvalue weighted by Crippen LogP contribution is -2.46. The minimum absolute atomic E-state index is 0.0614. The van der Waals surface area contributed by atoms with Crippen molar-refractivity contribution in [2.24, 2.45) is 0 Å². The van der Waals surface area contributed by atoms with Gasteiger partial charge in [0.05, 0.1) is 4.90 Å². The molecule has 0 unspecified atom stereocenters. The molecule has 1 aliphatic rings. The summed E-state index contributed by atoms with van der Waals surface area (Å²) < 4.78 is 46.5. The highest BCUT2D eigenvalue weighted by molar-refractivity contribution is 7.91. The van der Waals surface area contributed by atoms with E-state index in [2.05, 4.69) is 9.88 Å². The summed E-state index contributed by atoms with van der Waals surface area (Å²) in [5.74, 6) is -0.206. The van der Waals surface area contributed by atoms with Crippen LogP contribution in [0.25, 0.3) is 11.5 Å². The van der Waals surface area contributed by atoms with Gasteiger partial charge in [-0.15, -0.1) is 0 Å². The van der Waals surface area contributed by atoms with Crippen molar-refractivity contribution in [2.75, 3.05) is 36.0 Å². The van der Waals surface area contributed by atoms with Gasteiger partial charge in [0.2, 0.25) is 26.6 Å². The molecule has 35 heavy (non-hydrogen) atoms. The number of benzene rings is 3. The molecule has 180 valence electrons. The maximum absolute atomic E-state index is 13.5. The molecule has 1 aromatic heterocycles. The summed E-state index contributed by atoms with van der Waals surface area (Å²) in [7, 11) is -4.07. The number of sulfone groups is 1. The summed E-state index contributed by atoms with van der Waals surface area (Å²) in [6.07, 6.45) is 0. The van der Waals surface area contributed by atoms with Crippen LogP contribution in [0.5, 0.6) is 0 Å². The van der Waals surface area contributed by atoms with Gasteiger partial charge in [-0.2, -0.15) is 4.98 Å². The number of piperazine rings is 1. The maximum Gasteiger partial charge on any atom is 0.236 e. The Balaban J connectivity index is 1.51. The second-order valence-electron chi connectivity index (χ2n) is 8.05. The number of anilines is 2. The molecule has 3 aromatic carbocycles. The topological polar surface area (TPSA) is 66.7 Å². The van der Waals surface area contributed by atoms with Gasteiger partial charge in [-0.05, 0) is 66.7 Å². The molecule has 0 N–H and O–H groups in total. The molecule has 0 aliphatic carbocycles. The quantitative estimate of drug-likeness (QED) is 0.296. The summed E-state index contributed by atoms with van der Waals surface area (Å²) in [6, 6.07) is 19.0. The SMILES string of the molecule is O=S(=O)(c1ccc(F)cc1)c1nc(-c2ccc(Cl)cc2)oc1N1CCN(c2cccc(Cl)c2)CC1. The van der Waals surface area contributed by atoms with E-state index in [0.717, 1.165) is 17.8 Å². The Bertz CT molecular complexity index is 1450. The smallest absolute Gasteiger partial charge is 0.236 e. The van der Waals surface area contributed by atoms with E-state index in [1.807, 2.05) is 29.2 Å². The van der Waals surface area contributed by atoms with Crippen molar-refractivity contribution in [3.8, 4) is 11.5 Å². The molecule has 0 saturated carbocycles. The van der Waals surface area contributed by atoms with E-state index in [9.17, 15) is 12.8 Å². The summed E-state index contributed by atoms with van der Waals surface area (Å²) in [4.78, 5) is 8.36. The summed E-state index contributed by atoms with van der Waals surface area (Å²) in [5, 5.41) is 0.988. The molecular formula is C25H20Cl2FN3O3S. The van der Waals surface area contributed by atoms with Crippen molar-refractivity contribution in [3.63, 3.8) is 0 Å². The van der Waals surface area contributed by atoms with Gasteiger partial charge in [-0.25, -0.2) is 12.8 Å². The third-order valence-corrected chi connectivity index (χ3v) is 7.94. The Hall–Kier alpha value is -3.07. The largest absolute Gasteiger partial charge is 0.419 e. The number of hydrogen-bond donors (Lipinski definition) is 0. The third kappa shape index (κ3) is 4.87. The number of halogens is 3. The van der Waals surface area contributed by atoms with Gasteiger partial charge >= 0.3 is 0 Å². The second kappa shape index (κ2) is 9.53. The van der Waals surface area contributed by atoms with Crippen molar-refractivity contribution < 1.29 is 17.2 Å². The molecule has 0 radical (unpaired) electrons. The average Bonchev–Trinajstić information content (AvgIpc) is 3.31. The van der Waals surface area contributed by atoms with E-state index in [1.165, 1.54) is 12.1 Å². The van der Waals surface area contributed by atoms with Gasteiger partial charge in [-0.3, -0.25) is 0 Å². The van der Waals surface area contributed by atoms with E-state index in [0.29, 0.717) is 41.8 Å². The van der Waals surface area contributed by atoms with Crippen molar-refractivity contribution in [1.29, 1.82) is 0 Å². The van der Waals surface area contributed by atoms with Gasteiger partial charge in [0.1, 0.15) is 5.82 Å². The minimum Gasteiger partial charge on any atom is -0.419 e. The predicted molar refractivity (Wildman–Crippen MR) is 135 cm³/mol. The molecule has 0 atom stereocenters. The fourth-order valence-corrected chi connectivity index (χ4v) is 5.59. The molecule has 2 heterocycles. The molecule has 0 bridgehead atoms. The van der Waals surface area contributed by atoms with Crippen molar-refractivity contribution >= 4 is 44.6 Å². The molecule has 5 rings (SSSR count). The van der Waals surface area contributed by atoms with Crippen LogP contribution >= 0.6 is 23.2 Å². The Morgan fingerprint density at radius 2 is 1.49 bits per heavy atom. The van der Waals surface area contributed by atoms with Gasteiger partial charge in [0, 0.05) is 47.5 Å². The van der Waals surface area contributed by atoms with Crippen molar-refractivity contribution in [1.82, 2.24) is 4.98 Å². The van der Waals surface area contributed by atoms with E-state index >= 15 is 0 Å². The van der Waals surface area contributed by atoms with Crippen LogP contribution in [0.2, 0.25) is 10.0 Å². The highest BCUT2D eigenvalue weighted by Gasteiger charge is 2.33. The van der Waals surface area contributed by atoms with Crippen LogP contribution in [0.4, 0.5) is 16.0 Å². The lowest BCUT2D eigenvalue weighted by molar-refractivity contribution is 0.525. The lowest BCUT2D eigenvalue weighted by atomic mass is 10.2. The van der Waals surface area contributed by atoms with E-state index in [4.69, 9.17) is 27.6 Å². The van der Waals surface area contributed by atoms with Crippen molar-refractivity contribution in [2.45, 2.75) is 9.92 Å². The first-order valence-corrected chi connectivity index (χ1v) is 13.1. The van der Waals surface area contributed by atoms with Crippen molar-refractivity contribution in [3.05, 3.63) is 88.7 Å². The van der Waals surface area contributed by atoms with Crippen LogP contribution in [0.1, 0.15) is 0 Å². The zero-order valence-corrected chi connectivity index (χ0v) is 20.7. The van der Waals surface area contributed by atoms with E-state index in [1.54, 1.807) is 24.3 Å². The van der Waals surface area contributed by atoms with E-state index < -0.39 is 15.7 Å². The molecule has 4 aromatic rings. The zero-order valence-electron chi connectivity index (χ0n) is 18.4. The maximum atomic E-state index is 13.5. The molecule has 6 nitrogen and oxygen atoms in total. The van der Waals surface area contributed by atoms with Gasteiger partial charge < -0.3 is 14.2 Å². The fraction of sp³-hybridized carbons (Fsp3) is 0.160. The monoisotopic (exact) mass is 531 g/mol. The summed E-state index contributed by atoms with van der Waals surface area (Å²) in [6.45, 7) is 2.28. The molecule has 1 fully saturated rings. The summed E-state index contributed by atoms with van der Waals surface area (Å²) >= 11 is 12.1. The Morgan fingerprint density at radius 3 is 2.14 bits per heavy atom. The van der Waals surface area contributed by atoms with E-state index in [-0.39, 0.29) is 21.7 Å².